The van der Waals surface area contributed by atoms with Gasteiger partial charge in [0.15, 0.2) is 11.5 Å². The molecular formula is C13H14N4. The van der Waals surface area contributed by atoms with Crippen molar-refractivity contribution in [3.8, 4) is 0 Å². The number of hydrogen-bond donors (Lipinski definition) is 0. The lowest BCUT2D eigenvalue weighted by molar-refractivity contribution is 1.06. The lowest BCUT2D eigenvalue weighted by atomic mass is 10.3. The summed E-state index contributed by atoms with van der Waals surface area (Å²) >= 11 is 0. The molecule has 2 heterocycles. The quantitative estimate of drug-likeness (QED) is 0.638. The third-order valence-corrected chi connectivity index (χ3v) is 2.82. The summed E-state index contributed by atoms with van der Waals surface area (Å²) in [6, 6.07) is 8.12. The van der Waals surface area contributed by atoms with Gasteiger partial charge in [0.25, 0.3) is 0 Å². The van der Waals surface area contributed by atoms with E-state index in [2.05, 4.69) is 20.4 Å². The summed E-state index contributed by atoms with van der Waals surface area (Å²) in [5.74, 6) is 0.900. The highest BCUT2D eigenvalue weighted by atomic mass is 15.2. The SMILES string of the molecule is Cc1cn2c(n1)c(N(C)C)nc1ccccc12. The number of aromatic nitrogens is 3. The highest BCUT2D eigenvalue weighted by Gasteiger charge is 2.11. The van der Waals surface area contributed by atoms with Gasteiger partial charge in [-0.05, 0) is 19.1 Å². The summed E-state index contributed by atoms with van der Waals surface area (Å²) in [5, 5.41) is 0. The molecule has 0 radical (unpaired) electrons. The molecule has 0 atom stereocenters. The summed E-state index contributed by atoms with van der Waals surface area (Å²) in [6.07, 6.45) is 2.05. The van der Waals surface area contributed by atoms with Gasteiger partial charge in [-0.25, -0.2) is 9.97 Å². The highest BCUT2D eigenvalue weighted by Crippen LogP contribution is 2.22. The second kappa shape index (κ2) is 3.45. The van der Waals surface area contributed by atoms with Crippen molar-refractivity contribution in [1.29, 1.82) is 0 Å². The maximum atomic E-state index is 4.66. The van der Waals surface area contributed by atoms with Gasteiger partial charge in [-0.1, -0.05) is 12.1 Å². The topological polar surface area (TPSA) is 33.4 Å². The third-order valence-electron chi connectivity index (χ3n) is 2.82. The average Bonchev–Trinajstić information content (AvgIpc) is 2.69. The molecule has 0 aliphatic carbocycles. The van der Waals surface area contributed by atoms with Crippen LogP contribution in [0.15, 0.2) is 30.5 Å². The Morgan fingerprint density at radius 3 is 2.65 bits per heavy atom. The number of anilines is 1. The van der Waals surface area contributed by atoms with Gasteiger partial charge in [-0.15, -0.1) is 0 Å². The second-order valence-electron chi connectivity index (χ2n) is 4.39. The number of benzene rings is 1. The van der Waals surface area contributed by atoms with Crippen LogP contribution >= 0.6 is 0 Å². The Morgan fingerprint density at radius 1 is 1.12 bits per heavy atom. The molecule has 0 bridgehead atoms. The minimum absolute atomic E-state index is 0.900. The normalized spacial score (nSPS) is 11.2. The summed E-state index contributed by atoms with van der Waals surface area (Å²) in [4.78, 5) is 11.2. The van der Waals surface area contributed by atoms with Gasteiger partial charge < -0.3 is 4.90 Å². The summed E-state index contributed by atoms with van der Waals surface area (Å²) in [6.45, 7) is 2.00. The van der Waals surface area contributed by atoms with Crippen molar-refractivity contribution >= 4 is 22.5 Å². The van der Waals surface area contributed by atoms with Crippen molar-refractivity contribution in [2.75, 3.05) is 19.0 Å². The van der Waals surface area contributed by atoms with Crippen molar-refractivity contribution in [2.45, 2.75) is 6.92 Å². The van der Waals surface area contributed by atoms with E-state index in [1.807, 2.05) is 50.3 Å². The summed E-state index contributed by atoms with van der Waals surface area (Å²) in [5.41, 5.74) is 3.99. The first kappa shape index (κ1) is 10.1. The third kappa shape index (κ3) is 1.45. The van der Waals surface area contributed by atoms with Crippen LogP contribution in [0.5, 0.6) is 0 Å². The predicted octanol–water partition coefficient (Wildman–Crippen LogP) is 2.26. The Balaban J connectivity index is 2.54. The lowest BCUT2D eigenvalue weighted by Gasteiger charge is -2.13. The highest BCUT2D eigenvalue weighted by molar-refractivity contribution is 5.83. The van der Waals surface area contributed by atoms with E-state index < -0.39 is 0 Å². The maximum Gasteiger partial charge on any atom is 0.181 e. The van der Waals surface area contributed by atoms with Crippen molar-refractivity contribution in [3.05, 3.63) is 36.2 Å². The molecule has 3 rings (SSSR count). The number of rotatable bonds is 1. The number of fused-ring (bicyclic) bond motifs is 3. The van der Waals surface area contributed by atoms with Crippen LogP contribution in [0.25, 0.3) is 16.7 Å². The predicted molar refractivity (Wildman–Crippen MR) is 69.6 cm³/mol. The van der Waals surface area contributed by atoms with Crippen molar-refractivity contribution in [3.63, 3.8) is 0 Å². The average molecular weight is 226 g/mol. The molecule has 0 aliphatic heterocycles. The van der Waals surface area contributed by atoms with Gasteiger partial charge in [0.2, 0.25) is 0 Å². The van der Waals surface area contributed by atoms with Crippen molar-refractivity contribution in [2.24, 2.45) is 0 Å². The smallest absolute Gasteiger partial charge is 0.181 e. The van der Waals surface area contributed by atoms with E-state index in [1.54, 1.807) is 0 Å². The molecule has 0 saturated heterocycles. The van der Waals surface area contributed by atoms with E-state index >= 15 is 0 Å². The van der Waals surface area contributed by atoms with Crippen molar-refractivity contribution in [1.82, 2.24) is 14.4 Å². The second-order valence-corrected chi connectivity index (χ2v) is 4.39. The van der Waals surface area contributed by atoms with Crippen LogP contribution in [0.4, 0.5) is 5.82 Å². The number of aryl methyl sites for hydroxylation is 1. The molecule has 0 aliphatic rings. The summed E-state index contributed by atoms with van der Waals surface area (Å²) < 4.78 is 2.10. The zero-order valence-corrected chi connectivity index (χ0v) is 10.2. The largest absolute Gasteiger partial charge is 0.360 e. The molecule has 86 valence electrons. The minimum atomic E-state index is 0.900. The van der Waals surface area contributed by atoms with E-state index in [9.17, 15) is 0 Å². The van der Waals surface area contributed by atoms with Gasteiger partial charge >= 0.3 is 0 Å². The Kier molecular flexibility index (Phi) is 2.04. The molecule has 0 saturated carbocycles. The number of nitrogens with zero attached hydrogens (tertiary/aromatic N) is 4. The van der Waals surface area contributed by atoms with E-state index in [1.165, 1.54) is 0 Å². The Bertz CT molecular complexity index is 697. The Morgan fingerprint density at radius 2 is 1.88 bits per heavy atom. The van der Waals surface area contributed by atoms with E-state index in [4.69, 9.17) is 0 Å². The molecule has 4 heteroatoms. The van der Waals surface area contributed by atoms with Crippen LogP contribution in [-0.2, 0) is 0 Å². The molecule has 0 unspecified atom stereocenters. The van der Waals surface area contributed by atoms with Crippen LogP contribution < -0.4 is 4.90 Å². The molecule has 0 N–H and O–H groups in total. The van der Waals surface area contributed by atoms with Gasteiger partial charge in [-0.2, -0.15) is 0 Å². The fraction of sp³-hybridized carbons (Fsp3) is 0.231. The van der Waals surface area contributed by atoms with E-state index in [0.717, 1.165) is 28.2 Å². The Hall–Kier alpha value is -2.10. The van der Waals surface area contributed by atoms with Gasteiger partial charge in [0.1, 0.15) is 0 Å². The molecule has 1 aromatic carbocycles. The van der Waals surface area contributed by atoms with Crippen LogP contribution in [0.2, 0.25) is 0 Å². The fourth-order valence-corrected chi connectivity index (χ4v) is 2.07. The molecule has 17 heavy (non-hydrogen) atoms. The molecule has 0 spiro atoms. The maximum absolute atomic E-state index is 4.66. The first-order valence-electron chi connectivity index (χ1n) is 5.58. The monoisotopic (exact) mass is 226 g/mol. The lowest BCUT2D eigenvalue weighted by Crippen LogP contribution is -2.12. The number of hydrogen-bond acceptors (Lipinski definition) is 3. The van der Waals surface area contributed by atoms with Crippen LogP contribution in [0.3, 0.4) is 0 Å². The molecule has 4 nitrogen and oxygen atoms in total. The summed E-state index contributed by atoms with van der Waals surface area (Å²) in [7, 11) is 3.97. The number of para-hydroxylation sites is 2. The zero-order chi connectivity index (χ0) is 12.0. The zero-order valence-electron chi connectivity index (χ0n) is 10.2. The van der Waals surface area contributed by atoms with Gasteiger partial charge in [0.05, 0.1) is 16.7 Å². The Labute approximate surface area is 99.5 Å². The van der Waals surface area contributed by atoms with Crippen LogP contribution in [0.1, 0.15) is 5.69 Å². The van der Waals surface area contributed by atoms with Crippen LogP contribution in [-0.4, -0.2) is 28.5 Å². The molecular weight excluding hydrogens is 212 g/mol. The standard InChI is InChI=1S/C13H14N4/c1-9-8-17-11-7-5-4-6-10(11)15-12(16(2)3)13(17)14-9/h4-8H,1-3H3. The molecule has 3 aromatic rings. The van der Waals surface area contributed by atoms with Crippen LogP contribution in [0, 0.1) is 6.92 Å². The van der Waals surface area contributed by atoms with Gasteiger partial charge in [0, 0.05) is 20.3 Å². The van der Waals surface area contributed by atoms with E-state index in [0.29, 0.717) is 0 Å². The molecule has 0 amide bonds. The number of imidazole rings is 1. The molecule has 2 aromatic heterocycles. The fourth-order valence-electron chi connectivity index (χ4n) is 2.07. The van der Waals surface area contributed by atoms with Gasteiger partial charge in [-0.3, -0.25) is 4.40 Å². The molecule has 0 fully saturated rings. The minimum Gasteiger partial charge on any atom is -0.360 e. The first-order chi connectivity index (χ1) is 8.16. The first-order valence-corrected chi connectivity index (χ1v) is 5.58. The van der Waals surface area contributed by atoms with Crippen molar-refractivity contribution < 1.29 is 0 Å². The van der Waals surface area contributed by atoms with E-state index in [-0.39, 0.29) is 0 Å².